The highest BCUT2D eigenvalue weighted by Crippen LogP contribution is 2.24. The molecule has 31 heavy (non-hydrogen) atoms. The van der Waals surface area contributed by atoms with Crippen LogP contribution in [0.15, 0.2) is 53.7 Å². The van der Waals surface area contributed by atoms with Gasteiger partial charge in [-0.15, -0.1) is 10.2 Å². The van der Waals surface area contributed by atoms with Crippen LogP contribution in [0, 0.1) is 12.8 Å². The minimum Gasteiger partial charge on any atom is -0.463 e. The summed E-state index contributed by atoms with van der Waals surface area (Å²) in [5, 5.41) is 11.3. The number of pyridine rings is 1. The van der Waals surface area contributed by atoms with Crippen molar-refractivity contribution in [2.24, 2.45) is 5.92 Å². The molecule has 0 bridgehead atoms. The molecule has 9 nitrogen and oxygen atoms in total. The van der Waals surface area contributed by atoms with E-state index in [1.54, 1.807) is 24.9 Å². The van der Waals surface area contributed by atoms with E-state index in [1.807, 2.05) is 35.7 Å². The van der Waals surface area contributed by atoms with Gasteiger partial charge in [-0.1, -0.05) is 0 Å². The van der Waals surface area contributed by atoms with Crippen LogP contribution in [0.1, 0.15) is 28.9 Å². The average molecular weight is 417 g/mol. The molecule has 1 aliphatic rings. The zero-order valence-corrected chi connectivity index (χ0v) is 17.2. The first-order valence-corrected chi connectivity index (χ1v) is 10.4. The number of furan rings is 1. The minimum atomic E-state index is -0.106. The fourth-order valence-electron chi connectivity index (χ4n) is 4.09. The number of nitrogens with one attached hydrogen (secondary N) is 1. The van der Waals surface area contributed by atoms with Crippen molar-refractivity contribution in [2.45, 2.75) is 19.8 Å². The second kappa shape index (κ2) is 8.17. The maximum atomic E-state index is 12.8. The van der Waals surface area contributed by atoms with Crippen LogP contribution in [-0.4, -0.2) is 50.1 Å². The summed E-state index contributed by atoms with van der Waals surface area (Å²) in [4.78, 5) is 24.0. The van der Waals surface area contributed by atoms with Crippen molar-refractivity contribution in [3.05, 3.63) is 60.5 Å². The monoisotopic (exact) mass is 417 g/mol. The van der Waals surface area contributed by atoms with Crippen molar-refractivity contribution in [2.75, 3.05) is 24.5 Å². The number of aromatic nitrogens is 5. The van der Waals surface area contributed by atoms with Crippen molar-refractivity contribution in [3.8, 4) is 11.5 Å². The second-order valence-electron chi connectivity index (χ2n) is 7.78. The van der Waals surface area contributed by atoms with Crippen LogP contribution in [0.25, 0.3) is 17.1 Å². The van der Waals surface area contributed by atoms with E-state index in [4.69, 9.17) is 4.42 Å². The lowest BCUT2D eigenvalue weighted by Gasteiger charge is -2.33. The van der Waals surface area contributed by atoms with Gasteiger partial charge in [0.25, 0.3) is 5.91 Å². The van der Waals surface area contributed by atoms with Crippen LogP contribution < -0.4 is 10.2 Å². The number of hydrogen-bond donors (Lipinski definition) is 1. The minimum absolute atomic E-state index is 0.106. The Bertz CT molecular complexity index is 1200. The molecule has 5 rings (SSSR count). The number of rotatable bonds is 5. The molecule has 0 aromatic carbocycles. The van der Waals surface area contributed by atoms with E-state index in [1.165, 1.54) is 0 Å². The summed E-state index contributed by atoms with van der Waals surface area (Å²) in [5.74, 6) is 1.75. The largest absolute Gasteiger partial charge is 0.463 e. The van der Waals surface area contributed by atoms with E-state index < -0.39 is 0 Å². The first-order valence-electron chi connectivity index (χ1n) is 10.4. The number of hydrogen-bond acceptors (Lipinski definition) is 7. The Morgan fingerprint density at radius 1 is 1.32 bits per heavy atom. The molecule has 158 valence electrons. The number of amides is 1. The highest BCUT2D eigenvalue weighted by molar-refractivity contribution is 5.95. The quantitative estimate of drug-likeness (QED) is 0.533. The molecule has 0 saturated carbocycles. The first kappa shape index (κ1) is 19.2. The van der Waals surface area contributed by atoms with Crippen molar-refractivity contribution >= 4 is 17.4 Å². The number of carbonyl (C=O) groups excluding carboxylic acids is 1. The second-order valence-corrected chi connectivity index (χ2v) is 7.78. The van der Waals surface area contributed by atoms with Gasteiger partial charge in [0.2, 0.25) is 5.65 Å². The molecule has 1 saturated heterocycles. The third kappa shape index (κ3) is 3.86. The molecule has 0 radical (unpaired) electrons. The number of piperidine rings is 1. The van der Waals surface area contributed by atoms with Crippen molar-refractivity contribution in [1.29, 1.82) is 0 Å². The number of fused-ring (bicyclic) bond motifs is 1. The first-order chi connectivity index (χ1) is 15.2. The topological polar surface area (TPSA) is 101 Å². The van der Waals surface area contributed by atoms with Gasteiger partial charge in [-0.3, -0.25) is 9.20 Å². The molecule has 1 atom stereocenters. The zero-order valence-electron chi connectivity index (χ0n) is 17.2. The van der Waals surface area contributed by atoms with Crippen LogP contribution >= 0.6 is 0 Å². The molecule has 1 amide bonds. The number of nitrogens with zero attached hydrogens (tertiary/aromatic N) is 6. The Morgan fingerprint density at radius 2 is 2.26 bits per heavy atom. The standard InChI is InChI=1S/C22H23N7O2/c1-15-17(6-7-18(26-15)19-5-3-11-31-19)22(30)24-12-16-4-2-9-28(13-16)20-21-27-25-14-29(21)10-8-23-20/h3,5-8,10-11,14,16H,2,4,9,12-13H2,1H3,(H,24,30). The SMILES string of the molecule is Cc1nc(-c2ccco2)ccc1C(=O)NCC1CCCN(c2nccn3cnnc23)C1. The number of aryl methyl sites for hydroxylation is 1. The van der Waals surface area contributed by atoms with E-state index in [-0.39, 0.29) is 5.91 Å². The zero-order chi connectivity index (χ0) is 21.2. The normalized spacial score (nSPS) is 16.5. The summed E-state index contributed by atoms with van der Waals surface area (Å²) >= 11 is 0. The Labute approximate surface area is 179 Å². The predicted molar refractivity (Wildman–Crippen MR) is 115 cm³/mol. The van der Waals surface area contributed by atoms with Gasteiger partial charge in [-0.05, 0) is 49.9 Å². The van der Waals surface area contributed by atoms with Gasteiger partial charge in [0.1, 0.15) is 12.0 Å². The molecule has 1 unspecified atom stereocenters. The van der Waals surface area contributed by atoms with Crippen LogP contribution in [0.3, 0.4) is 0 Å². The molecular formula is C22H23N7O2. The molecule has 4 aromatic heterocycles. The molecular weight excluding hydrogens is 394 g/mol. The van der Waals surface area contributed by atoms with Crippen molar-refractivity contribution < 1.29 is 9.21 Å². The molecule has 0 aliphatic carbocycles. The molecule has 1 N–H and O–H groups in total. The van der Waals surface area contributed by atoms with Crippen molar-refractivity contribution in [3.63, 3.8) is 0 Å². The van der Waals surface area contributed by atoms with Crippen molar-refractivity contribution in [1.82, 2.24) is 29.9 Å². The lowest BCUT2D eigenvalue weighted by atomic mass is 9.98. The summed E-state index contributed by atoms with van der Waals surface area (Å²) in [6.45, 7) is 4.18. The molecule has 5 heterocycles. The Balaban J connectivity index is 1.24. The van der Waals surface area contributed by atoms with E-state index in [2.05, 4.69) is 30.4 Å². The fraction of sp³-hybridized carbons (Fsp3) is 0.318. The third-order valence-electron chi connectivity index (χ3n) is 5.67. The van der Waals surface area contributed by atoms with E-state index >= 15 is 0 Å². The Kier molecular flexibility index (Phi) is 5.07. The average Bonchev–Trinajstić information content (AvgIpc) is 3.49. The van der Waals surface area contributed by atoms with E-state index in [0.29, 0.717) is 29.5 Å². The number of carbonyl (C=O) groups is 1. The highest BCUT2D eigenvalue weighted by atomic mass is 16.3. The van der Waals surface area contributed by atoms with Gasteiger partial charge in [0.05, 0.1) is 17.5 Å². The molecule has 0 spiro atoms. The maximum Gasteiger partial charge on any atom is 0.253 e. The Hall–Kier alpha value is -3.75. The van der Waals surface area contributed by atoms with Gasteiger partial charge in [0, 0.05) is 32.0 Å². The highest BCUT2D eigenvalue weighted by Gasteiger charge is 2.24. The molecule has 1 aliphatic heterocycles. The summed E-state index contributed by atoms with van der Waals surface area (Å²) in [6, 6.07) is 7.29. The fourth-order valence-corrected chi connectivity index (χ4v) is 4.09. The lowest BCUT2D eigenvalue weighted by Crippen LogP contribution is -2.41. The van der Waals surface area contributed by atoms with Gasteiger partial charge in [-0.2, -0.15) is 0 Å². The molecule has 1 fully saturated rings. The maximum absolute atomic E-state index is 12.8. The van der Waals surface area contributed by atoms with Crippen LogP contribution in [0.4, 0.5) is 5.82 Å². The van der Waals surface area contributed by atoms with Crippen LogP contribution in [-0.2, 0) is 0 Å². The van der Waals surface area contributed by atoms with Gasteiger partial charge < -0.3 is 14.6 Å². The van der Waals surface area contributed by atoms with E-state index in [0.717, 1.165) is 43.1 Å². The number of anilines is 1. The lowest BCUT2D eigenvalue weighted by molar-refractivity contribution is 0.0944. The van der Waals surface area contributed by atoms with Gasteiger partial charge in [0.15, 0.2) is 11.6 Å². The summed E-state index contributed by atoms with van der Waals surface area (Å²) in [7, 11) is 0. The third-order valence-corrected chi connectivity index (χ3v) is 5.67. The summed E-state index contributed by atoms with van der Waals surface area (Å²) < 4.78 is 7.26. The van der Waals surface area contributed by atoms with E-state index in [9.17, 15) is 4.79 Å². The Morgan fingerprint density at radius 3 is 3.10 bits per heavy atom. The van der Waals surface area contributed by atoms with Gasteiger partial charge in [-0.25, -0.2) is 9.97 Å². The van der Waals surface area contributed by atoms with Gasteiger partial charge >= 0.3 is 0 Å². The summed E-state index contributed by atoms with van der Waals surface area (Å²) in [6.07, 6.45) is 8.99. The van der Waals surface area contributed by atoms with Crippen LogP contribution in [0.5, 0.6) is 0 Å². The predicted octanol–water partition coefficient (Wildman–Crippen LogP) is 2.73. The summed E-state index contributed by atoms with van der Waals surface area (Å²) in [5.41, 5.74) is 2.74. The smallest absolute Gasteiger partial charge is 0.253 e. The van der Waals surface area contributed by atoms with Crippen LogP contribution in [0.2, 0.25) is 0 Å². The molecule has 9 heteroatoms. The molecule has 4 aromatic rings.